The van der Waals surface area contributed by atoms with Gasteiger partial charge in [-0.05, 0) is 24.3 Å². The molecular weight excluding hydrogens is 252 g/mol. The predicted molar refractivity (Wildman–Crippen MR) is 67.6 cm³/mol. The Bertz CT molecular complexity index is 710. The highest BCUT2D eigenvalue weighted by molar-refractivity contribution is 6.35. The number of fused-ring (bicyclic) bond motifs is 1. The van der Waals surface area contributed by atoms with Crippen molar-refractivity contribution in [2.24, 2.45) is 0 Å². The third-order valence-electron chi connectivity index (χ3n) is 2.71. The monoisotopic (exact) mass is 260 g/mol. The fourth-order valence-corrected chi connectivity index (χ4v) is 2.10. The first-order valence-electron chi connectivity index (χ1n) is 5.34. The first-order valence-corrected chi connectivity index (χ1v) is 5.72. The Morgan fingerprint density at radius 2 is 2.17 bits per heavy atom. The average Bonchev–Trinajstić information content (AvgIpc) is 2.88. The van der Waals surface area contributed by atoms with Crippen molar-refractivity contribution in [2.75, 3.05) is 0 Å². The Hall–Kier alpha value is -1.98. The van der Waals surface area contributed by atoms with Crippen LogP contribution >= 0.6 is 11.6 Å². The summed E-state index contributed by atoms with van der Waals surface area (Å²) in [7, 11) is 0. The standard InChI is InChI=1S/C12H9ClN4O/c13-9-3-4-10(12-8(9)2-1-5-14-12)17-7-15-16-11(17)6-18/h1-5,7,18H,6H2. The average molecular weight is 261 g/mol. The van der Waals surface area contributed by atoms with Crippen LogP contribution in [0.4, 0.5) is 0 Å². The largest absolute Gasteiger partial charge is 0.388 e. The second-order valence-corrected chi connectivity index (χ2v) is 4.15. The molecule has 0 spiro atoms. The van der Waals surface area contributed by atoms with Crippen molar-refractivity contribution in [3.05, 3.63) is 47.6 Å². The van der Waals surface area contributed by atoms with Gasteiger partial charge in [0.2, 0.25) is 0 Å². The van der Waals surface area contributed by atoms with Crippen molar-refractivity contribution in [3.8, 4) is 5.69 Å². The molecule has 0 bridgehead atoms. The molecule has 1 N–H and O–H groups in total. The molecule has 18 heavy (non-hydrogen) atoms. The van der Waals surface area contributed by atoms with Crippen LogP contribution in [0.15, 0.2) is 36.8 Å². The summed E-state index contributed by atoms with van der Waals surface area (Å²) in [5.41, 5.74) is 1.54. The number of aromatic nitrogens is 4. The number of halogens is 1. The van der Waals surface area contributed by atoms with Gasteiger partial charge in [0.25, 0.3) is 0 Å². The van der Waals surface area contributed by atoms with Crippen LogP contribution in [0.25, 0.3) is 16.6 Å². The topological polar surface area (TPSA) is 63.8 Å². The molecule has 0 radical (unpaired) electrons. The van der Waals surface area contributed by atoms with E-state index in [2.05, 4.69) is 15.2 Å². The molecule has 0 saturated heterocycles. The van der Waals surface area contributed by atoms with Gasteiger partial charge in [0, 0.05) is 11.6 Å². The maximum Gasteiger partial charge on any atom is 0.163 e. The summed E-state index contributed by atoms with van der Waals surface area (Å²) in [6.07, 6.45) is 3.24. The molecule has 5 nitrogen and oxygen atoms in total. The van der Waals surface area contributed by atoms with Gasteiger partial charge in [-0.3, -0.25) is 9.55 Å². The molecule has 0 saturated carbocycles. The number of aliphatic hydroxyl groups is 1. The Morgan fingerprint density at radius 3 is 3.00 bits per heavy atom. The maximum atomic E-state index is 9.23. The fourth-order valence-electron chi connectivity index (χ4n) is 1.89. The van der Waals surface area contributed by atoms with Crippen LogP contribution in [-0.4, -0.2) is 24.9 Å². The van der Waals surface area contributed by atoms with Gasteiger partial charge in [-0.25, -0.2) is 0 Å². The second kappa shape index (κ2) is 4.36. The van der Waals surface area contributed by atoms with E-state index >= 15 is 0 Å². The highest BCUT2D eigenvalue weighted by Crippen LogP contribution is 2.27. The fraction of sp³-hybridized carbons (Fsp3) is 0.0833. The summed E-state index contributed by atoms with van der Waals surface area (Å²) in [6, 6.07) is 7.36. The van der Waals surface area contributed by atoms with Crippen LogP contribution < -0.4 is 0 Å². The van der Waals surface area contributed by atoms with Crippen molar-refractivity contribution in [3.63, 3.8) is 0 Å². The summed E-state index contributed by atoms with van der Waals surface area (Å²) in [4.78, 5) is 4.33. The Labute approximate surface area is 108 Å². The van der Waals surface area contributed by atoms with E-state index in [1.54, 1.807) is 23.2 Å². The molecule has 0 aliphatic heterocycles. The van der Waals surface area contributed by atoms with Crippen molar-refractivity contribution in [2.45, 2.75) is 6.61 Å². The molecule has 0 fully saturated rings. The van der Waals surface area contributed by atoms with E-state index in [4.69, 9.17) is 11.6 Å². The summed E-state index contributed by atoms with van der Waals surface area (Å²) >= 11 is 6.13. The quantitative estimate of drug-likeness (QED) is 0.765. The third kappa shape index (κ3) is 1.64. The molecular formula is C12H9ClN4O. The Kier molecular flexibility index (Phi) is 2.70. The lowest BCUT2D eigenvalue weighted by atomic mass is 10.2. The van der Waals surface area contributed by atoms with Gasteiger partial charge in [0.15, 0.2) is 5.82 Å². The summed E-state index contributed by atoms with van der Waals surface area (Å²) in [5.74, 6) is 0.462. The lowest BCUT2D eigenvalue weighted by molar-refractivity contribution is 0.269. The van der Waals surface area contributed by atoms with Gasteiger partial charge in [-0.15, -0.1) is 10.2 Å². The number of rotatable bonds is 2. The second-order valence-electron chi connectivity index (χ2n) is 3.74. The zero-order chi connectivity index (χ0) is 12.5. The van der Waals surface area contributed by atoms with E-state index in [1.165, 1.54) is 0 Å². The smallest absolute Gasteiger partial charge is 0.163 e. The van der Waals surface area contributed by atoms with E-state index < -0.39 is 0 Å². The number of benzene rings is 1. The predicted octanol–water partition coefficient (Wildman–Crippen LogP) is 1.96. The molecule has 90 valence electrons. The molecule has 6 heteroatoms. The van der Waals surface area contributed by atoms with Crippen molar-refractivity contribution in [1.29, 1.82) is 0 Å². The summed E-state index contributed by atoms with van der Waals surface area (Å²) in [5, 5.41) is 18.4. The van der Waals surface area contributed by atoms with E-state index in [9.17, 15) is 5.11 Å². The maximum absolute atomic E-state index is 9.23. The van der Waals surface area contributed by atoms with E-state index in [0.717, 1.165) is 16.6 Å². The summed E-state index contributed by atoms with van der Waals surface area (Å²) < 4.78 is 1.70. The van der Waals surface area contributed by atoms with Crippen molar-refractivity contribution < 1.29 is 5.11 Å². The number of hydrogen-bond acceptors (Lipinski definition) is 4. The lowest BCUT2D eigenvalue weighted by Crippen LogP contribution is -2.01. The number of pyridine rings is 1. The van der Waals surface area contributed by atoms with Crippen LogP contribution in [0.1, 0.15) is 5.82 Å². The first kappa shape index (κ1) is 11.1. The number of hydrogen-bond donors (Lipinski definition) is 1. The molecule has 1 aromatic carbocycles. The Morgan fingerprint density at radius 1 is 1.28 bits per heavy atom. The molecule has 3 rings (SSSR count). The zero-order valence-electron chi connectivity index (χ0n) is 9.29. The van der Waals surface area contributed by atoms with Crippen LogP contribution in [-0.2, 0) is 6.61 Å². The van der Waals surface area contributed by atoms with E-state index in [-0.39, 0.29) is 6.61 Å². The van der Waals surface area contributed by atoms with Crippen LogP contribution in [0, 0.1) is 0 Å². The van der Waals surface area contributed by atoms with Crippen molar-refractivity contribution >= 4 is 22.5 Å². The van der Waals surface area contributed by atoms with Crippen LogP contribution in [0.5, 0.6) is 0 Å². The van der Waals surface area contributed by atoms with Gasteiger partial charge in [-0.1, -0.05) is 11.6 Å². The minimum Gasteiger partial charge on any atom is -0.388 e. The van der Waals surface area contributed by atoms with Gasteiger partial charge in [-0.2, -0.15) is 0 Å². The molecule has 2 aromatic heterocycles. The van der Waals surface area contributed by atoms with Crippen LogP contribution in [0.3, 0.4) is 0 Å². The normalized spacial score (nSPS) is 11.0. The first-order chi connectivity index (χ1) is 8.81. The zero-order valence-corrected chi connectivity index (χ0v) is 10.0. The summed E-state index contributed by atoms with van der Waals surface area (Å²) in [6.45, 7) is -0.184. The Balaban J connectivity index is 2.34. The number of aliphatic hydroxyl groups excluding tert-OH is 1. The molecule has 2 heterocycles. The lowest BCUT2D eigenvalue weighted by Gasteiger charge is -2.09. The van der Waals surface area contributed by atoms with E-state index in [0.29, 0.717) is 10.8 Å². The highest BCUT2D eigenvalue weighted by atomic mass is 35.5. The third-order valence-corrected chi connectivity index (χ3v) is 3.04. The molecule has 3 aromatic rings. The van der Waals surface area contributed by atoms with Gasteiger partial charge >= 0.3 is 0 Å². The van der Waals surface area contributed by atoms with E-state index in [1.807, 2.05) is 18.2 Å². The molecule has 0 aliphatic carbocycles. The van der Waals surface area contributed by atoms with Gasteiger partial charge < -0.3 is 5.11 Å². The molecule has 0 aliphatic rings. The minimum absolute atomic E-state index is 0.184. The molecule has 0 amide bonds. The minimum atomic E-state index is -0.184. The van der Waals surface area contributed by atoms with Gasteiger partial charge in [0.1, 0.15) is 12.9 Å². The van der Waals surface area contributed by atoms with Crippen molar-refractivity contribution in [1.82, 2.24) is 19.7 Å². The number of nitrogens with zero attached hydrogens (tertiary/aromatic N) is 4. The molecule has 0 atom stereocenters. The van der Waals surface area contributed by atoms with Crippen LogP contribution in [0.2, 0.25) is 5.02 Å². The SMILES string of the molecule is OCc1nncn1-c1ccc(Cl)c2cccnc12. The highest BCUT2D eigenvalue weighted by Gasteiger charge is 2.11. The van der Waals surface area contributed by atoms with Gasteiger partial charge in [0.05, 0.1) is 16.2 Å². The molecule has 0 unspecified atom stereocenters.